The molecule has 0 aliphatic heterocycles. The molecule has 1 N–H and O–H groups in total. The first-order valence-corrected chi connectivity index (χ1v) is 8.03. The van der Waals surface area contributed by atoms with Gasteiger partial charge < -0.3 is 10.1 Å². The fraction of sp³-hybridized carbons (Fsp3) is 0.0476. The lowest BCUT2D eigenvalue weighted by molar-refractivity contribution is -0.118. The van der Waals surface area contributed by atoms with Gasteiger partial charge in [0.1, 0.15) is 17.4 Å². The van der Waals surface area contributed by atoms with Crippen molar-refractivity contribution in [1.29, 1.82) is 5.26 Å². The number of nitrogens with one attached hydrogen (secondary N) is 1. The largest absolute Gasteiger partial charge is 0.484 e. The number of amides is 1. The van der Waals surface area contributed by atoms with Crippen LogP contribution in [0.3, 0.4) is 0 Å². The van der Waals surface area contributed by atoms with Gasteiger partial charge in [0.25, 0.3) is 5.91 Å². The Hall–Kier alpha value is -3.72. The molecule has 0 saturated carbocycles. The zero-order valence-corrected chi connectivity index (χ0v) is 14.1. The predicted molar refractivity (Wildman–Crippen MR) is 97.1 cm³/mol. The van der Waals surface area contributed by atoms with Gasteiger partial charge in [0.15, 0.2) is 6.61 Å². The summed E-state index contributed by atoms with van der Waals surface area (Å²) in [6.45, 7) is -0.312. The number of halogens is 2. The van der Waals surface area contributed by atoms with Crippen molar-refractivity contribution in [3.63, 3.8) is 0 Å². The second-order valence-electron chi connectivity index (χ2n) is 5.67. The van der Waals surface area contributed by atoms with Gasteiger partial charge in [0, 0.05) is 6.07 Å². The molecule has 3 rings (SSSR count). The van der Waals surface area contributed by atoms with Crippen molar-refractivity contribution in [2.24, 2.45) is 0 Å². The van der Waals surface area contributed by atoms with Crippen LogP contribution < -0.4 is 10.1 Å². The van der Waals surface area contributed by atoms with Crippen molar-refractivity contribution in [2.75, 3.05) is 11.9 Å². The van der Waals surface area contributed by atoms with Gasteiger partial charge >= 0.3 is 0 Å². The maximum Gasteiger partial charge on any atom is 0.262 e. The van der Waals surface area contributed by atoms with Gasteiger partial charge in [-0.25, -0.2) is 8.78 Å². The summed E-state index contributed by atoms with van der Waals surface area (Å²) in [5.74, 6) is -1.65. The minimum Gasteiger partial charge on any atom is -0.484 e. The molecule has 0 saturated heterocycles. The fourth-order valence-electron chi connectivity index (χ4n) is 2.41. The molecule has 134 valence electrons. The van der Waals surface area contributed by atoms with E-state index in [0.717, 1.165) is 23.3 Å². The molecular weight excluding hydrogens is 350 g/mol. The molecular formula is C21H14F2N2O2. The van der Waals surface area contributed by atoms with Gasteiger partial charge in [-0.1, -0.05) is 24.3 Å². The molecule has 6 heteroatoms. The van der Waals surface area contributed by atoms with Gasteiger partial charge in [-0.2, -0.15) is 5.26 Å². The highest BCUT2D eigenvalue weighted by molar-refractivity contribution is 5.92. The molecule has 0 aliphatic carbocycles. The molecule has 3 aromatic rings. The number of ether oxygens (including phenoxy) is 1. The molecule has 0 bridgehead atoms. The summed E-state index contributed by atoms with van der Waals surface area (Å²) in [5, 5.41) is 11.1. The lowest BCUT2D eigenvalue weighted by Crippen LogP contribution is -2.20. The third-order valence-electron chi connectivity index (χ3n) is 3.78. The van der Waals surface area contributed by atoms with Crippen molar-refractivity contribution in [3.05, 3.63) is 83.9 Å². The Morgan fingerprint density at radius 3 is 2.19 bits per heavy atom. The highest BCUT2D eigenvalue weighted by atomic mass is 19.1. The molecule has 27 heavy (non-hydrogen) atoms. The normalized spacial score (nSPS) is 10.1. The van der Waals surface area contributed by atoms with Crippen LogP contribution in [0.2, 0.25) is 0 Å². The zero-order chi connectivity index (χ0) is 19.2. The Labute approximate surface area is 154 Å². The van der Waals surface area contributed by atoms with Crippen LogP contribution in [0.1, 0.15) is 5.56 Å². The second-order valence-corrected chi connectivity index (χ2v) is 5.67. The maximum absolute atomic E-state index is 13.5. The molecule has 0 spiro atoms. The molecule has 1 amide bonds. The number of anilines is 1. The zero-order valence-electron chi connectivity index (χ0n) is 14.1. The van der Waals surface area contributed by atoms with Crippen LogP contribution in [0.4, 0.5) is 14.5 Å². The van der Waals surface area contributed by atoms with Gasteiger partial charge in [0.05, 0.1) is 17.3 Å². The van der Waals surface area contributed by atoms with Crippen LogP contribution in [0, 0.1) is 23.0 Å². The number of nitrogens with zero attached hydrogens (tertiary/aromatic N) is 1. The number of nitriles is 1. The first kappa shape index (κ1) is 18.1. The quantitative estimate of drug-likeness (QED) is 0.724. The van der Waals surface area contributed by atoms with Crippen molar-refractivity contribution < 1.29 is 18.3 Å². The molecule has 0 fully saturated rings. The Morgan fingerprint density at radius 2 is 1.59 bits per heavy atom. The summed E-state index contributed by atoms with van der Waals surface area (Å²) in [5.41, 5.74) is 2.36. The predicted octanol–water partition coefficient (Wildman–Crippen LogP) is 4.52. The standard InChI is InChI=1S/C21H14F2N2O2/c22-17-7-10-20(19(23)11-17)25-21(26)13-27-18-8-5-16(6-9-18)15-3-1-14(12-24)2-4-15/h1-11H,13H2,(H,25,26). The second kappa shape index (κ2) is 8.11. The highest BCUT2D eigenvalue weighted by Crippen LogP contribution is 2.23. The van der Waals surface area contributed by atoms with Crippen LogP contribution in [0.5, 0.6) is 5.75 Å². The van der Waals surface area contributed by atoms with E-state index in [1.54, 1.807) is 24.3 Å². The molecule has 0 aliphatic rings. The summed E-state index contributed by atoms with van der Waals surface area (Å²) in [4.78, 5) is 11.8. The van der Waals surface area contributed by atoms with E-state index in [1.807, 2.05) is 24.3 Å². The average molecular weight is 364 g/mol. The minimum atomic E-state index is -0.852. The van der Waals surface area contributed by atoms with Crippen LogP contribution in [-0.2, 0) is 4.79 Å². The maximum atomic E-state index is 13.5. The third kappa shape index (κ3) is 4.67. The number of benzene rings is 3. The molecule has 0 atom stereocenters. The molecule has 3 aromatic carbocycles. The van der Waals surface area contributed by atoms with E-state index < -0.39 is 17.5 Å². The lowest BCUT2D eigenvalue weighted by atomic mass is 10.0. The van der Waals surface area contributed by atoms with E-state index in [1.165, 1.54) is 0 Å². The van der Waals surface area contributed by atoms with E-state index >= 15 is 0 Å². The summed E-state index contributed by atoms with van der Waals surface area (Å²) >= 11 is 0. The fourth-order valence-corrected chi connectivity index (χ4v) is 2.41. The Morgan fingerprint density at radius 1 is 0.963 bits per heavy atom. The van der Waals surface area contributed by atoms with Crippen LogP contribution >= 0.6 is 0 Å². The molecule has 0 heterocycles. The van der Waals surface area contributed by atoms with Gasteiger partial charge in [-0.3, -0.25) is 4.79 Å². The van der Waals surface area contributed by atoms with Crippen LogP contribution in [0.15, 0.2) is 66.7 Å². The molecule has 0 radical (unpaired) electrons. The Balaban J connectivity index is 1.58. The molecule has 0 unspecified atom stereocenters. The number of carbonyl (C=O) groups is 1. The van der Waals surface area contributed by atoms with E-state index in [-0.39, 0.29) is 12.3 Å². The molecule has 0 aromatic heterocycles. The van der Waals surface area contributed by atoms with E-state index in [0.29, 0.717) is 17.4 Å². The van der Waals surface area contributed by atoms with Crippen molar-refractivity contribution in [3.8, 4) is 22.9 Å². The highest BCUT2D eigenvalue weighted by Gasteiger charge is 2.09. The summed E-state index contributed by atoms with van der Waals surface area (Å²) in [7, 11) is 0. The SMILES string of the molecule is N#Cc1ccc(-c2ccc(OCC(=O)Nc3ccc(F)cc3F)cc2)cc1. The summed E-state index contributed by atoms with van der Waals surface area (Å²) in [6, 6.07) is 19.2. The van der Waals surface area contributed by atoms with Crippen molar-refractivity contribution >= 4 is 11.6 Å². The monoisotopic (exact) mass is 364 g/mol. The van der Waals surface area contributed by atoms with E-state index in [2.05, 4.69) is 11.4 Å². The minimum absolute atomic E-state index is 0.110. The Kier molecular flexibility index (Phi) is 5.43. The van der Waals surface area contributed by atoms with Crippen molar-refractivity contribution in [1.82, 2.24) is 0 Å². The van der Waals surface area contributed by atoms with E-state index in [9.17, 15) is 13.6 Å². The number of hydrogen-bond acceptors (Lipinski definition) is 3. The van der Waals surface area contributed by atoms with Gasteiger partial charge in [-0.05, 0) is 47.5 Å². The number of carbonyl (C=O) groups excluding carboxylic acids is 1. The van der Waals surface area contributed by atoms with Gasteiger partial charge in [-0.15, -0.1) is 0 Å². The Bertz CT molecular complexity index is 994. The average Bonchev–Trinajstić information content (AvgIpc) is 2.69. The topological polar surface area (TPSA) is 62.1 Å². The number of hydrogen-bond donors (Lipinski definition) is 1. The van der Waals surface area contributed by atoms with Crippen LogP contribution in [-0.4, -0.2) is 12.5 Å². The third-order valence-corrected chi connectivity index (χ3v) is 3.78. The van der Waals surface area contributed by atoms with Crippen LogP contribution in [0.25, 0.3) is 11.1 Å². The van der Waals surface area contributed by atoms with Gasteiger partial charge in [0.2, 0.25) is 0 Å². The first-order valence-electron chi connectivity index (χ1n) is 8.03. The molecule has 4 nitrogen and oxygen atoms in total. The lowest BCUT2D eigenvalue weighted by Gasteiger charge is -2.09. The van der Waals surface area contributed by atoms with Crippen molar-refractivity contribution in [2.45, 2.75) is 0 Å². The summed E-state index contributed by atoms with van der Waals surface area (Å²) in [6.07, 6.45) is 0. The smallest absolute Gasteiger partial charge is 0.262 e. The van der Waals surface area contributed by atoms with E-state index in [4.69, 9.17) is 10.00 Å². The first-order chi connectivity index (χ1) is 13.0. The number of rotatable bonds is 5. The summed E-state index contributed by atoms with van der Waals surface area (Å²) < 4.78 is 31.7.